The van der Waals surface area contributed by atoms with Gasteiger partial charge in [-0.05, 0) is 25.2 Å². The normalized spacial score (nSPS) is 12.0. The van der Waals surface area contributed by atoms with Crippen molar-refractivity contribution in [2.75, 3.05) is 13.2 Å². The van der Waals surface area contributed by atoms with Crippen LogP contribution in [0.3, 0.4) is 0 Å². The molecule has 0 bridgehead atoms. The number of unbranched alkanes of at least 4 members (excludes halogenated alkanes) is 50. The van der Waals surface area contributed by atoms with E-state index in [0.717, 1.165) is 63.7 Å². The molecule has 0 fully saturated rings. The Kier molecular flexibility index (Phi) is 60.9. The van der Waals surface area contributed by atoms with Gasteiger partial charge in [-0.25, -0.2) is 0 Å². The molecule has 0 aromatic heterocycles. The Labute approximate surface area is 463 Å². The molecule has 0 amide bonds. The van der Waals surface area contributed by atoms with Crippen LogP contribution in [0.5, 0.6) is 0 Å². The summed E-state index contributed by atoms with van der Waals surface area (Å²) in [6, 6.07) is 0. The van der Waals surface area contributed by atoms with Crippen LogP contribution in [0.25, 0.3) is 0 Å². The molecule has 0 aliphatic carbocycles. The summed E-state index contributed by atoms with van der Waals surface area (Å²) in [6.07, 6.45) is 71.1. The second-order valence-electron chi connectivity index (χ2n) is 23.9. The van der Waals surface area contributed by atoms with Crippen LogP contribution in [0.2, 0.25) is 0 Å². The molecule has 0 unspecified atom stereocenters. The van der Waals surface area contributed by atoms with Gasteiger partial charge in [-0.15, -0.1) is 0 Å². The Morgan fingerprint density at radius 1 is 0.257 bits per heavy atom. The quantitative estimate of drug-likeness (QED) is 0.0343. The van der Waals surface area contributed by atoms with Gasteiger partial charge in [-0.2, -0.15) is 0 Å². The molecule has 0 aliphatic rings. The maximum absolute atomic E-state index is 12.9. The third kappa shape index (κ3) is 61.3. The van der Waals surface area contributed by atoms with E-state index >= 15 is 0 Å². The topological polar surface area (TPSA) is 78.9 Å². The number of rotatable bonds is 63. The first-order valence-corrected chi connectivity index (χ1v) is 33.9. The van der Waals surface area contributed by atoms with Crippen LogP contribution in [0.1, 0.15) is 394 Å². The van der Waals surface area contributed by atoms with Crippen molar-refractivity contribution in [3.8, 4) is 0 Å². The van der Waals surface area contributed by atoms with Gasteiger partial charge in [-0.3, -0.25) is 14.4 Å². The Hall–Kier alpha value is -1.59. The average Bonchev–Trinajstić information content (AvgIpc) is 3.39. The molecule has 0 saturated heterocycles. The summed E-state index contributed by atoms with van der Waals surface area (Å²) in [7, 11) is 0. The number of esters is 3. The molecule has 0 N–H and O–H groups in total. The summed E-state index contributed by atoms with van der Waals surface area (Å²) in [6.45, 7) is 9.11. The fourth-order valence-corrected chi connectivity index (χ4v) is 10.7. The van der Waals surface area contributed by atoms with Gasteiger partial charge in [0.25, 0.3) is 0 Å². The zero-order chi connectivity index (χ0) is 53.7. The lowest BCUT2D eigenvalue weighted by Gasteiger charge is -2.18. The summed E-state index contributed by atoms with van der Waals surface area (Å²) in [5.41, 5.74) is 0. The van der Waals surface area contributed by atoms with Crippen molar-refractivity contribution < 1.29 is 28.6 Å². The minimum Gasteiger partial charge on any atom is -0.462 e. The fraction of sp³-hybridized carbons (Fsp3) is 0.956. The second-order valence-corrected chi connectivity index (χ2v) is 23.9. The van der Waals surface area contributed by atoms with Gasteiger partial charge in [0.05, 0.1) is 0 Å². The van der Waals surface area contributed by atoms with E-state index in [1.54, 1.807) is 0 Å². The highest BCUT2D eigenvalue weighted by Crippen LogP contribution is 2.19. The molecule has 0 aliphatic heterocycles. The van der Waals surface area contributed by atoms with Crippen molar-refractivity contribution in [1.29, 1.82) is 0 Å². The molecule has 0 aromatic carbocycles. The minimum atomic E-state index is -0.763. The van der Waals surface area contributed by atoms with E-state index in [1.807, 2.05) is 0 Å². The van der Waals surface area contributed by atoms with Crippen LogP contribution in [-0.2, 0) is 28.6 Å². The van der Waals surface area contributed by atoms with E-state index in [1.165, 1.54) is 289 Å². The molecular formula is C68H132O6. The Morgan fingerprint density at radius 3 is 0.662 bits per heavy atom. The summed E-state index contributed by atoms with van der Waals surface area (Å²) < 4.78 is 17.0. The molecule has 0 rings (SSSR count). The van der Waals surface area contributed by atoms with Crippen molar-refractivity contribution in [2.24, 2.45) is 5.92 Å². The highest BCUT2D eigenvalue weighted by molar-refractivity contribution is 5.71. The fourth-order valence-electron chi connectivity index (χ4n) is 10.7. The first-order valence-electron chi connectivity index (χ1n) is 33.9. The number of hydrogen-bond acceptors (Lipinski definition) is 6. The minimum absolute atomic E-state index is 0.0607. The van der Waals surface area contributed by atoms with Crippen molar-refractivity contribution in [2.45, 2.75) is 400 Å². The number of carbonyl (C=O) groups is 3. The monoisotopic (exact) mass is 1050 g/mol. The van der Waals surface area contributed by atoms with Crippen molar-refractivity contribution in [3.05, 3.63) is 0 Å². The highest BCUT2D eigenvalue weighted by Gasteiger charge is 2.19. The standard InChI is InChI=1S/C68H132O6/c1-5-7-9-11-13-15-17-19-21-23-24-28-32-35-39-43-47-51-55-59-66(69)72-62-65(74-68(71)61-57-53-49-45-41-37-31-22-20-18-16-14-12-10-8-6-2)63-73-67(70)60-56-52-48-44-40-36-33-29-26-25-27-30-34-38-42-46-50-54-58-64(3)4/h64-65H,5-63H2,1-4H3/t65-/m1/s1. The lowest BCUT2D eigenvalue weighted by molar-refractivity contribution is -0.167. The maximum Gasteiger partial charge on any atom is 0.306 e. The van der Waals surface area contributed by atoms with E-state index in [4.69, 9.17) is 14.2 Å². The smallest absolute Gasteiger partial charge is 0.306 e. The molecular weight excluding hydrogens is 913 g/mol. The van der Waals surface area contributed by atoms with Crippen molar-refractivity contribution in [1.82, 2.24) is 0 Å². The van der Waals surface area contributed by atoms with Crippen LogP contribution in [-0.4, -0.2) is 37.2 Å². The van der Waals surface area contributed by atoms with E-state index < -0.39 is 6.10 Å². The Morgan fingerprint density at radius 2 is 0.446 bits per heavy atom. The highest BCUT2D eigenvalue weighted by atomic mass is 16.6. The Bertz CT molecular complexity index is 1120. The van der Waals surface area contributed by atoms with Crippen LogP contribution >= 0.6 is 0 Å². The van der Waals surface area contributed by atoms with E-state index in [-0.39, 0.29) is 31.1 Å². The molecule has 6 heteroatoms. The van der Waals surface area contributed by atoms with Gasteiger partial charge in [0.15, 0.2) is 6.10 Å². The summed E-state index contributed by atoms with van der Waals surface area (Å²) in [5.74, 6) is 0.0364. The molecule has 0 spiro atoms. The predicted molar refractivity (Wildman–Crippen MR) is 321 cm³/mol. The molecule has 0 heterocycles. The molecule has 0 aromatic rings. The first-order chi connectivity index (χ1) is 36.4. The maximum atomic E-state index is 12.9. The van der Waals surface area contributed by atoms with Gasteiger partial charge < -0.3 is 14.2 Å². The molecule has 1 atom stereocenters. The Balaban J connectivity index is 4.26. The first kappa shape index (κ1) is 72.4. The lowest BCUT2D eigenvalue weighted by Crippen LogP contribution is -2.30. The molecule has 6 nitrogen and oxygen atoms in total. The van der Waals surface area contributed by atoms with Gasteiger partial charge >= 0.3 is 17.9 Å². The van der Waals surface area contributed by atoms with E-state index in [9.17, 15) is 14.4 Å². The van der Waals surface area contributed by atoms with Gasteiger partial charge in [0.2, 0.25) is 0 Å². The molecule has 0 saturated carbocycles. The molecule has 0 radical (unpaired) electrons. The summed E-state index contributed by atoms with van der Waals surface area (Å²) in [4.78, 5) is 38.4. The lowest BCUT2D eigenvalue weighted by atomic mass is 10.0. The summed E-state index contributed by atoms with van der Waals surface area (Å²) in [5, 5.41) is 0. The molecule has 440 valence electrons. The molecule has 74 heavy (non-hydrogen) atoms. The van der Waals surface area contributed by atoms with E-state index in [2.05, 4.69) is 27.7 Å². The van der Waals surface area contributed by atoms with Crippen molar-refractivity contribution in [3.63, 3.8) is 0 Å². The predicted octanol–water partition coefficient (Wildman–Crippen LogP) is 22.9. The summed E-state index contributed by atoms with van der Waals surface area (Å²) >= 11 is 0. The largest absolute Gasteiger partial charge is 0.462 e. The van der Waals surface area contributed by atoms with Crippen LogP contribution in [0.15, 0.2) is 0 Å². The van der Waals surface area contributed by atoms with Gasteiger partial charge in [0.1, 0.15) is 13.2 Å². The van der Waals surface area contributed by atoms with E-state index in [0.29, 0.717) is 19.3 Å². The third-order valence-electron chi connectivity index (χ3n) is 15.8. The van der Waals surface area contributed by atoms with Crippen LogP contribution in [0.4, 0.5) is 0 Å². The third-order valence-corrected chi connectivity index (χ3v) is 15.8. The number of hydrogen-bond donors (Lipinski definition) is 0. The van der Waals surface area contributed by atoms with Crippen molar-refractivity contribution >= 4 is 17.9 Å². The SMILES string of the molecule is CCCCCCCCCCCCCCCCCCCCCC(=O)OC[C@H](COC(=O)CCCCCCCCCCCCCCCCCCCCC(C)C)OC(=O)CCCCCCCCCCCCCCCCCC. The second kappa shape index (κ2) is 62.3. The average molecular weight is 1050 g/mol. The van der Waals surface area contributed by atoms with Crippen LogP contribution < -0.4 is 0 Å². The van der Waals surface area contributed by atoms with Crippen LogP contribution in [0, 0.1) is 5.92 Å². The number of ether oxygens (including phenoxy) is 3. The zero-order valence-electron chi connectivity index (χ0n) is 50.8. The number of carbonyl (C=O) groups excluding carboxylic acids is 3. The zero-order valence-corrected chi connectivity index (χ0v) is 50.8. The van der Waals surface area contributed by atoms with Gasteiger partial charge in [0, 0.05) is 19.3 Å². The van der Waals surface area contributed by atoms with Gasteiger partial charge in [-0.1, -0.05) is 355 Å².